The lowest BCUT2D eigenvalue weighted by atomic mass is 9.91. The van der Waals surface area contributed by atoms with E-state index in [1.165, 1.54) is 4.57 Å². The van der Waals surface area contributed by atoms with Gasteiger partial charge in [0.1, 0.15) is 5.56 Å². The van der Waals surface area contributed by atoms with E-state index in [9.17, 15) is 14.7 Å². The van der Waals surface area contributed by atoms with Crippen LogP contribution in [-0.2, 0) is 7.05 Å². The number of rotatable bonds is 3. The highest BCUT2D eigenvalue weighted by molar-refractivity contribution is 5.93. The summed E-state index contributed by atoms with van der Waals surface area (Å²) >= 11 is 0. The number of carbonyl (C=O) groups excluding carboxylic acids is 1. The van der Waals surface area contributed by atoms with Crippen LogP contribution in [0.15, 0.2) is 16.9 Å². The van der Waals surface area contributed by atoms with Crippen LogP contribution in [0.4, 0.5) is 0 Å². The van der Waals surface area contributed by atoms with E-state index in [4.69, 9.17) is 5.11 Å². The van der Waals surface area contributed by atoms with Gasteiger partial charge in [0.2, 0.25) is 0 Å². The first-order valence-electron chi connectivity index (χ1n) is 7.20. The highest BCUT2D eigenvalue weighted by atomic mass is 16.3. The first-order valence-corrected chi connectivity index (χ1v) is 7.20. The SMILES string of the molecule is Cc1ccc(C(=O)N2CCC(C(O)CO)CC2)c(=O)n1C. The van der Waals surface area contributed by atoms with Gasteiger partial charge in [0.05, 0.1) is 12.7 Å². The number of hydrogen-bond acceptors (Lipinski definition) is 4. The number of aliphatic hydroxyl groups is 2. The number of pyridine rings is 1. The molecule has 0 radical (unpaired) electrons. The number of likely N-dealkylation sites (tertiary alicyclic amines) is 1. The van der Waals surface area contributed by atoms with Crippen molar-refractivity contribution in [2.75, 3.05) is 19.7 Å². The number of aliphatic hydroxyl groups excluding tert-OH is 2. The second-order valence-electron chi connectivity index (χ2n) is 5.63. The molecule has 1 saturated heterocycles. The normalized spacial score (nSPS) is 17.8. The first-order chi connectivity index (χ1) is 9.95. The lowest BCUT2D eigenvalue weighted by Crippen LogP contribution is -2.43. The Balaban J connectivity index is 2.09. The number of piperidine rings is 1. The van der Waals surface area contributed by atoms with E-state index < -0.39 is 6.10 Å². The van der Waals surface area contributed by atoms with Gasteiger partial charge in [-0.05, 0) is 37.8 Å². The average Bonchev–Trinajstić information content (AvgIpc) is 2.51. The molecule has 1 fully saturated rings. The van der Waals surface area contributed by atoms with Gasteiger partial charge < -0.3 is 19.7 Å². The van der Waals surface area contributed by atoms with E-state index in [1.54, 1.807) is 24.1 Å². The molecule has 6 heteroatoms. The Morgan fingerprint density at radius 1 is 1.38 bits per heavy atom. The number of aromatic nitrogens is 1. The van der Waals surface area contributed by atoms with Gasteiger partial charge >= 0.3 is 0 Å². The van der Waals surface area contributed by atoms with Gasteiger partial charge in [-0.1, -0.05) is 0 Å². The smallest absolute Gasteiger partial charge is 0.263 e. The Morgan fingerprint density at radius 2 is 2.00 bits per heavy atom. The third-order valence-corrected chi connectivity index (χ3v) is 4.34. The Kier molecular flexibility index (Phi) is 4.80. The molecule has 2 heterocycles. The molecule has 6 nitrogen and oxygen atoms in total. The van der Waals surface area contributed by atoms with Crippen LogP contribution in [-0.4, -0.2) is 51.4 Å². The fraction of sp³-hybridized carbons (Fsp3) is 0.600. The van der Waals surface area contributed by atoms with Crippen molar-refractivity contribution in [3.05, 3.63) is 33.7 Å². The molecule has 1 aliphatic rings. The second kappa shape index (κ2) is 6.41. The molecular weight excluding hydrogens is 272 g/mol. The lowest BCUT2D eigenvalue weighted by molar-refractivity contribution is 0.0178. The van der Waals surface area contributed by atoms with Crippen molar-refractivity contribution in [1.29, 1.82) is 0 Å². The molecule has 116 valence electrons. The van der Waals surface area contributed by atoms with Gasteiger partial charge in [-0.25, -0.2) is 0 Å². The quantitative estimate of drug-likeness (QED) is 0.815. The predicted molar refractivity (Wildman–Crippen MR) is 78.1 cm³/mol. The summed E-state index contributed by atoms with van der Waals surface area (Å²) in [4.78, 5) is 26.2. The van der Waals surface area contributed by atoms with E-state index in [0.717, 1.165) is 5.69 Å². The van der Waals surface area contributed by atoms with Crippen molar-refractivity contribution in [3.8, 4) is 0 Å². The monoisotopic (exact) mass is 294 g/mol. The van der Waals surface area contributed by atoms with Crippen LogP contribution >= 0.6 is 0 Å². The molecule has 1 aromatic heterocycles. The maximum Gasteiger partial charge on any atom is 0.263 e. The van der Waals surface area contributed by atoms with Gasteiger partial charge in [-0.3, -0.25) is 9.59 Å². The third-order valence-electron chi connectivity index (χ3n) is 4.34. The van der Waals surface area contributed by atoms with E-state index in [2.05, 4.69) is 0 Å². The van der Waals surface area contributed by atoms with E-state index in [0.29, 0.717) is 25.9 Å². The van der Waals surface area contributed by atoms with E-state index in [-0.39, 0.29) is 29.6 Å². The number of hydrogen-bond donors (Lipinski definition) is 2. The van der Waals surface area contributed by atoms with Crippen LogP contribution in [0.5, 0.6) is 0 Å². The zero-order valence-electron chi connectivity index (χ0n) is 12.5. The van der Waals surface area contributed by atoms with Crippen molar-refractivity contribution in [2.24, 2.45) is 13.0 Å². The van der Waals surface area contributed by atoms with Gasteiger partial charge in [0.15, 0.2) is 0 Å². The zero-order chi connectivity index (χ0) is 15.6. The fourth-order valence-electron chi connectivity index (χ4n) is 2.70. The molecule has 1 unspecified atom stereocenters. The summed E-state index contributed by atoms with van der Waals surface area (Å²) in [5.74, 6) is -0.243. The van der Waals surface area contributed by atoms with Crippen molar-refractivity contribution in [1.82, 2.24) is 9.47 Å². The molecule has 0 aromatic carbocycles. The highest BCUT2D eigenvalue weighted by Crippen LogP contribution is 2.21. The summed E-state index contributed by atoms with van der Waals surface area (Å²) < 4.78 is 1.47. The van der Waals surface area contributed by atoms with Crippen LogP contribution < -0.4 is 5.56 Å². The predicted octanol–water partition coefficient (Wildman–Crippen LogP) is -0.101. The number of nitrogens with zero attached hydrogens (tertiary/aromatic N) is 2. The molecule has 1 atom stereocenters. The topological polar surface area (TPSA) is 82.8 Å². The average molecular weight is 294 g/mol. The van der Waals surface area contributed by atoms with Crippen LogP contribution in [0.2, 0.25) is 0 Å². The van der Waals surface area contributed by atoms with Crippen molar-refractivity contribution in [3.63, 3.8) is 0 Å². The van der Waals surface area contributed by atoms with Crippen LogP contribution in [0.3, 0.4) is 0 Å². The first kappa shape index (κ1) is 15.7. The zero-order valence-corrected chi connectivity index (χ0v) is 12.5. The lowest BCUT2D eigenvalue weighted by Gasteiger charge is -2.33. The summed E-state index contributed by atoms with van der Waals surface area (Å²) in [6.45, 7) is 2.56. The third kappa shape index (κ3) is 3.16. The number of carbonyl (C=O) groups is 1. The Bertz CT molecular complexity index is 574. The summed E-state index contributed by atoms with van der Waals surface area (Å²) in [6, 6.07) is 3.34. The molecule has 2 N–H and O–H groups in total. The van der Waals surface area contributed by atoms with Gasteiger partial charge in [0, 0.05) is 25.8 Å². The Morgan fingerprint density at radius 3 is 2.57 bits per heavy atom. The largest absolute Gasteiger partial charge is 0.394 e. The molecule has 0 bridgehead atoms. The summed E-state index contributed by atoms with van der Waals surface area (Å²) in [7, 11) is 1.65. The van der Waals surface area contributed by atoms with E-state index >= 15 is 0 Å². The molecule has 21 heavy (non-hydrogen) atoms. The molecular formula is C15H22N2O4. The molecule has 1 aromatic rings. The van der Waals surface area contributed by atoms with Crippen LogP contribution in [0, 0.1) is 12.8 Å². The minimum Gasteiger partial charge on any atom is -0.394 e. The Hall–Kier alpha value is -1.66. The summed E-state index contributed by atoms with van der Waals surface area (Å²) in [5.41, 5.74) is 0.711. The Labute approximate surface area is 123 Å². The fourth-order valence-corrected chi connectivity index (χ4v) is 2.70. The summed E-state index contributed by atoms with van der Waals surface area (Å²) in [5, 5.41) is 18.6. The molecule has 1 aliphatic heterocycles. The van der Waals surface area contributed by atoms with Crippen molar-refractivity contribution >= 4 is 5.91 Å². The van der Waals surface area contributed by atoms with Gasteiger partial charge in [-0.15, -0.1) is 0 Å². The number of aryl methyl sites for hydroxylation is 1. The maximum absolute atomic E-state index is 12.4. The van der Waals surface area contributed by atoms with Crippen molar-refractivity contribution < 1.29 is 15.0 Å². The molecule has 0 saturated carbocycles. The van der Waals surface area contributed by atoms with Crippen LogP contribution in [0.25, 0.3) is 0 Å². The van der Waals surface area contributed by atoms with E-state index in [1.807, 2.05) is 6.92 Å². The molecule has 0 aliphatic carbocycles. The standard InChI is InChI=1S/C15H22N2O4/c1-10-3-4-12(14(20)16(10)2)15(21)17-7-5-11(6-8-17)13(19)9-18/h3-4,11,13,18-19H,5-9H2,1-2H3. The van der Waals surface area contributed by atoms with Gasteiger partial charge in [-0.2, -0.15) is 0 Å². The minimum absolute atomic E-state index is 0.0138. The molecule has 0 spiro atoms. The second-order valence-corrected chi connectivity index (χ2v) is 5.63. The number of amides is 1. The van der Waals surface area contributed by atoms with Gasteiger partial charge in [0.25, 0.3) is 11.5 Å². The molecule has 2 rings (SSSR count). The summed E-state index contributed by atoms with van der Waals surface area (Å²) in [6.07, 6.45) is 0.550. The minimum atomic E-state index is -0.727. The highest BCUT2D eigenvalue weighted by Gasteiger charge is 2.28. The molecule has 1 amide bonds. The van der Waals surface area contributed by atoms with Crippen molar-refractivity contribution in [2.45, 2.75) is 25.9 Å². The van der Waals surface area contributed by atoms with Crippen LogP contribution in [0.1, 0.15) is 28.9 Å². The maximum atomic E-state index is 12.4.